The van der Waals surface area contributed by atoms with E-state index in [4.69, 9.17) is 0 Å². The van der Waals surface area contributed by atoms with Gasteiger partial charge in [0.1, 0.15) is 12.5 Å². The molecule has 2 unspecified atom stereocenters. The van der Waals surface area contributed by atoms with E-state index in [0.717, 1.165) is 6.42 Å². The lowest BCUT2D eigenvalue weighted by Gasteiger charge is -2.26. The second kappa shape index (κ2) is 8.74. The Bertz CT molecular complexity index is 159. The molecule has 15 heavy (non-hydrogen) atoms. The Morgan fingerprint density at radius 2 is 1.67 bits per heavy atom. The van der Waals surface area contributed by atoms with Gasteiger partial charge in [0, 0.05) is 6.20 Å². The zero-order valence-corrected chi connectivity index (χ0v) is 10.2. The Morgan fingerprint density at radius 3 is 2.13 bits per heavy atom. The summed E-state index contributed by atoms with van der Waals surface area (Å²) in [7, 11) is 0. The van der Waals surface area contributed by atoms with Gasteiger partial charge in [-0.15, -0.1) is 0 Å². The van der Waals surface area contributed by atoms with Gasteiger partial charge in [-0.1, -0.05) is 32.3 Å². The van der Waals surface area contributed by atoms with Crippen LogP contribution in [0.3, 0.4) is 0 Å². The molecule has 0 aliphatic heterocycles. The number of hydrogen-bond acceptors (Lipinski definition) is 3. The molecule has 0 radical (unpaired) electrons. The van der Waals surface area contributed by atoms with Crippen LogP contribution in [0.4, 0.5) is 0 Å². The van der Waals surface area contributed by atoms with E-state index < -0.39 is 12.5 Å². The van der Waals surface area contributed by atoms with E-state index in [0.29, 0.717) is 0 Å². The molecule has 2 N–H and O–H groups in total. The predicted octanol–water partition coefficient (Wildman–Crippen LogP) is 2.45. The molecule has 90 valence electrons. The topological polar surface area (TPSA) is 43.7 Å². The van der Waals surface area contributed by atoms with Crippen LogP contribution in [-0.2, 0) is 0 Å². The lowest BCUT2D eigenvalue weighted by molar-refractivity contribution is -0.0513. The molecule has 0 aliphatic rings. The number of unbranched alkanes of at least 4 members (excludes halogenated alkanes) is 4. The third-order valence-electron chi connectivity index (χ3n) is 2.36. The van der Waals surface area contributed by atoms with Crippen LogP contribution < -0.4 is 0 Å². The third kappa shape index (κ3) is 7.40. The summed E-state index contributed by atoms with van der Waals surface area (Å²) in [5.74, 6) is 0. The van der Waals surface area contributed by atoms with Crippen molar-refractivity contribution in [2.45, 2.75) is 65.3 Å². The van der Waals surface area contributed by atoms with Crippen molar-refractivity contribution < 1.29 is 10.2 Å². The van der Waals surface area contributed by atoms with Crippen molar-refractivity contribution in [3.63, 3.8) is 0 Å². The van der Waals surface area contributed by atoms with Crippen LogP contribution in [0.2, 0.25) is 0 Å². The van der Waals surface area contributed by atoms with Gasteiger partial charge in [0.2, 0.25) is 0 Å². The molecule has 0 spiro atoms. The average molecular weight is 215 g/mol. The van der Waals surface area contributed by atoms with E-state index in [2.05, 4.69) is 6.92 Å². The Kier molecular flexibility index (Phi) is 8.43. The maximum atomic E-state index is 9.34. The van der Waals surface area contributed by atoms with E-state index in [1.54, 1.807) is 20.0 Å². The predicted molar refractivity (Wildman–Crippen MR) is 63.1 cm³/mol. The monoisotopic (exact) mass is 215 g/mol. The average Bonchev–Trinajstić information content (AvgIpc) is 2.15. The van der Waals surface area contributed by atoms with Crippen LogP contribution >= 0.6 is 0 Å². The molecule has 0 aliphatic carbocycles. The van der Waals surface area contributed by atoms with Gasteiger partial charge in [-0.25, -0.2) is 0 Å². The second-order valence-electron chi connectivity index (χ2n) is 3.95. The fourth-order valence-electron chi connectivity index (χ4n) is 1.45. The maximum absolute atomic E-state index is 9.34. The molecule has 0 aromatic rings. The number of nitrogens with zero attached hydrogens (tertiary/aromatic N) is 1. The molecule has 0 saturated heterocycles. The fraction of sp³-hybridized carbons (Fsp3) is 0.833. The molecule has 2 atom stereocenters. The largest absolute Gasteiger partial charge is 0.374 e. The molecular formula is C12H25NO2. The maximum Gasteiger partial charge on any atom is 0.125 e. The van der Waals surface area contributed by atoms with Gasteiger partial charge in [0.25, 0.3) is 0 Å². The Morgan fingerprint density at radius 1 is 1.07 bits per heavy atom. The first kappa shape index (κ1) is 14.5. The molecule has 0 heterocycles. The number of hydrogen-bond donors (Lipinski definition) is 2. The summed E-state index contributed by atoms with van der Waals surface area (Å²) >= 11 is 0. The van der Waals surface area contributed by atoms with Crippen molar-refractivity contribution in [1.29, 1.82) is 0 Å². The van der Waals surface area contributed by atoms with Crippen molar-refractivity contribution in [2.24, 2.45) is 0 Å². The highest BCUT2D eigenvalue weighted by Crippen LogP contribution is 2.06. The lowest BCUT2D eigenvalue weighted by atomic mass is 10.1. The van der Waals surface area contributed by atoms with Crippen LogP contribution in [0.25, 0.3) is 0 Å². The van der Waals surface area contributed by atoms with Gasteiger partial charge in [-0.05, 0) is 26.7 Å². The summed E-state index contributed by atoms with van der Waals surface area (Å²) in [6.45, 7) is 5.49. The quantitative estimate of drug-likeness (QED) is 0.483. The summed E-state index contributed by atoms with van der Waals surface area (Å²) in [5.41, 5.74) is 0. The molecule has 3 nitrogen and oxygen atoms in total. The number of aliphatic hydroxyl groups is 2. The minimum atomic E-state index is -0.642. The lowest BCUT2D eigenvalue weighted by Crippen LogP contribution is -2.35. The minimum absolute atomic E-state index is 0.642. The van der Waals surface area contributed by atoms with Crippen LogP contribution in [-0.4, -0.2) is 27.6 Å². The van der Waals surface area contributed by atoms with E-state index in [1.165, 1.54) is 30.6 Å². The highest BCUT2D eigenvalue weighted by atomic mass is 16.3. The fourth-order valence-corrected chi connectivity index (χ4v) is 1.45. The van der Waals surface area contributed by atoms with Crippen molar-refractivity contribution in [2.75, 3.05) is 0 Å². The SMILES string of the molecule is CCCCCCC=CN(C(C)O)C(C)O. The van der Waals surface area contributed by atoms with Crippen molar-refractivity contribution in [1.82, 2.24) is 4.90 Å². The summed E-state index contributed by atoms with van der Waals surface area (Å²) in [6.07, 6.45) is 8.48. The summed E-state index contributed by atoms with van der Waals surface area (Å²) in [6, 6.07) is 0. The molecule has 0 rings (SSSR count). The van der Waals surface area contributed by atoms with Crippen molar-refractivity contribution >= 4 is 0 Å². The number of aliphatic hydroxyl groups excluding tert-OH is 2. The van der Waals surface area contributed by atoms with Gasteiger partial charge in [0.05, 0.1) is 0 Å². The first-order valence-electron chi connectivity index (χ1n) is 5.89. The normalized spacial score (nSPS) is 15.5. The van der Waals surface area contributed by atoms with Crippen LogP contribution in [0, 0.1) is 0 Å². The number of allylic oxidation sites excluding steroid dienone is 1. The minimum Gasteiger partial charge on any atom is -0.374 e. The summed E-state index contributed by atoms with van der Waals surface area (Å²) in [4.78, 5) is 1.53. The van der Waals surface area contributed by atoms with E-state index >= 15 is 0 Å². The molecule has 0 fully saturated rings. The summed E-state index contributed by atoms with van der Waals surface area (Å²) < 4.78 is 0. The van der Waals surface area contributed by atoms with E-state index in [9.17, 15) is 10.2 Å². The van der Waals surface area contributed by atoms with Gasteiger partial charge in [-0.3, -0.25) is 0 Å². The zero-order valence-electron chi connectivity index (χ0n) is 10.2. The summed E-state index contributed by atoms with van der Waals surface area (Å²) in [5, 5.41) is 18.7. The second-order valence-corrected chi connectivity index (χ2v) is 3.95. The van der Waals surface area contributed by atoms with Crippen molar-refractivity contribution in [3.05, 3.63) is 12.3 Å². The van der Waals surface area contributed by atoms with Crippen LogP contribution in [0.1, 0.15) is 52.9 Å². The molecular weight excluding hydrogens is 190 g/mol. The van der Waals surface area contributed by atoms with Gasteiger partial charge < -0.3 is 15.1 Å². The molecule has 3 heteroatoms. The standard InChI is InChI=1S/C12H25NO2/c1-4-5-6-7-8-9-10-13(11(2)14)12(3)15/h9-12,14-15H,4-8H2,1-3H3. The highest BCUT2D eigenvalue weighted by Gasteiger charge is 2.10. The van der Waals surface area contributed by atoms with Gasteiger partial charge >= 0.3 is 0 Å². The van der Waals surface area contributed by atoms with Crippen LogP contribution in [0.15, 0.2) is 12.3 Å². The van der Waals surface area contributed by atoms with Crippen molar-refractivity contribution in [3.8, 4) is 0 Å². The Balaban J connectivity index is 3.71. The smallest absolute Gasteiger partial charge is 0.125 e. The molecule has 0 saturated carbocycles. The van der Waals surface area contributed by atoms with Gasteiger partial charge in [0.15, 0.2) is 0 Å². The first-order valence-corrected chi connectivity index (χ1v) is 5.89. The molecule has 0 bridgehead atoms. The zero-order chi connectivity index (χ0) is 11.7. The third-order valence-corrected chi connectivity index (χ3v) is 2.36. The van der Waals surface area contributed by atoms with Gasteiger partial charge in [-0.2, -0.15) is 0 Å². The number of rotatable bonds is 8. The molecule has 0 aromatic carbocycles. The Hall–Kier alpha value is -0.540. The highest BCUT2D eigenvalue weighted by molar-refractivity contribution is 4.83. The van der Waals surface area contributed by atoms with Crippen LogP contribution in [0.5, 0.6) is 0 Å². The van der Waals surface area contributed by atoms with E-state index in [1.807, 2.05) is 6.08 Å². The van der Waals surface area contributed by atoms with E-state index in [-0.39, 0.29) is 0 Å². The molecule has 0 amide bonds. The first-order chi connectivity index (χ1) is 7.09. The molecule has 0 aromatic heterocycles. The Labute approximate surface area is 93.4 Å².